The fourth-order valence-electron chi connectivity index (χ4n) is 2.55. The zero-order chi connectivity index (χ0) is 13.2. The second-order valence-electron chi connectivity index (χ2n) is 4.85. The van der Waals surface area contributed by atoms with E-state index in [1.165, 1.54) is 16.1 Å². The van der Waals surface area contributed by atoms with Gasteiger partial charge in [0.2, 0.25) is 0 Å². The monoisotopic (exact) mass is 273 g/mol. The fraction of sp³-hybridized carbons (Fsp3) is 0.400. The Bertz CT molecular complexity index is 564. The predicted molar refractivity (Wildman–Crippen MR) is 81.4 cm³/mol. The van der Waals surface area contributed by atoms with Gasteiger partial charge in [-0.15, -0.1) is 0 Å². The van der Waals surface area contributed by atoms with Crippen LogP contribution in [-0.4, -0.2) is 18.1 Å². The number of fused-ring (bicyclic) bond motifs is 1. The van der Waals surface area contributed by atoms with E-state index in [2.05, 4.69) is 53.3 Å². The maximum absolute atomic E-state index is 4.60. The summed E-state index contributed by atoms with van der Waals surface area (Å²) in [4.78, 5) is 8.25. The number of hydrogen-bond acceptors (Lipinski definition) is 4. The van der Waals surface area contributed by atoms with Crippen LogP contribution in [-0.2, 0) is 6.42 Å². The molecule has 100 valence electrons. The molecule has 2 aromatic rings. The Morgan fingerprint density at radius 1 is 1.42 bits per heavy atom. The van der Waals surface area contributed by atoms with Gasteiger partial charge in [-0.1, -0.05) is 36.5 Å². The molecule has 0 bridgehead atoms. The lowest BCUT2D eigenvalue weighted by Crippen LogP contribution is -2.16. The topological polar surface area (TPSA) is 28.2 Å². The molecule has 0 amide bonds. The van der Waals surface area contributed by atoms with E-state index in [1.54, 1.807) is 11.3 Å². The largest absolute Gasteiger partial charge is 0.317 e. The molecule has 3 rings (SSSR count). The van der Waals surface area contributed by atoms with Gasteiger partial charge in [0.1, 0.15) is 0 Å². The van der Waals surface area contributed by atoms with Crippen LogP contribution in [0.15, 0.2) is 30.5 Å². The summed E-state index contributed by atoms with van der Waals surface area (Å²) < 4.78 is 0. The minimum absolute atomic E-state index is 0.383. The van der Waals surface area contributed by atoms with E-state index in [0.29, 0.717) is 6.04 Å². The number of para-hydroxylation sites is 1. The van der Waals surface area contributed by atoms with Crippen LogP contribution in [0, 0.1) is 0 Å². The molecule has 1 atom stereocenters. The zero-order valence-electron chi connectivity index (χ0n) is 11.4. The molecule has 1 unspecified atom stereocenters. The van der Waals surface area contributed by atoms with E-state index in [1.807, 2.05) is 6.20 Å². The molecule has 0 radical (unpaired) electrons. The van der Waals surface area contributed by atoms with Gasteiger partial charge in [-0.25, -0.2) is 4.98 Å². The van der Waals surface area contributed by atoms with Crippen LogP contribution in [0.25, 0.3) is 0 Å². The smallest absolute Gasteiger partial charge is 0.190 e. The maximum atomic E-state index is 4.60. The number of benzene rings is 1. The first kappa shape index (κ1) is 12.6. The van der Waals surface area contributed by atoms with E-state index in [4.69, 9.17) is 0 Å². The van der Waals surface area contributed by atoms with E-state index in [9.17, 15) is 0 Å². The summed E-state index contributed by atoms with van der Waals surface area (Å²) >= 11 is 1.79. The molecular formula is C15H19N3S. The average molecular weight is 273 g/mol. The number of rotatable bonds is 4. The van der Waals surface area contributed by atoms with Gasteiger partial charge in [-0.3, -0.25) is 0 Å². The summed E-state index contributed by atoms with van der Waals surface area (Å²) in [5.74, 6) is 0. The Labute approximate surface area is 118 Å². The Balaban J connectivity index is 1.85. The van der Waals surface area contributed by atoms with Crippen molar-refractivity contribution in [3.63, 3.8) is 0 Å². The highest BCUT2D eigenvalue weighted by atomic mass is 32.1. The number of hydrogen-bond donors (Lipinski definition) is 1. The quantitative estimate of drug-likeness (QED) is 0.924. The normalized spacial score (nSPS) is 15.6. The summed E-state index contributed by atoms with van der Waals surface area (Å²) in [6, 6.07) is 9.01. The predicted octanol–water partition coefficient (Wildman–Crippen LogP) is 3.51. The summed E-state index contributed by atoms with van der Waals surface area (Å²) in [5, 5.41) is 4.55. The molecule has 1 N–H and O–H groups in total. The summed E-state index contributed by atoms with van der Waals surface area (Å²) in [5.41, 5.74) is 2.75. The second-order valence-corrected chi connectivity index (χ2v) is 5.90. The number of nitrogens with zero attached hydrogens (tertiary/aromatic N) is 2. The van der Waals surface area contributed by atoms with E-state index >= 15 is 0 Å². The summed E-state index contributed by atoms with van der Waals surface area (Å²) in [6.07, 6.45) is 3.13. The van der Waals surface area contributed by atoms with Crippen molar-refractivity contribution in [2.24, 2.45) is 0 Å². The van der Waals surface area contributed by atoms with Crippen LogP contribution < -0.4 is 10.2 Å². The standard InChI is InChI=1S/C15H19N3S/c1-3-16-11(2)14-10-17-15(19-14)18-9-8-12-6-4-5-7-13(12)18/h4-7,10-11,16H,3,8-9H2,1-2H3. The van der Waals surface area contributed by atoms with Crippen molar-refractivity contribution in [1.29, 1.82) is 0 Å². The SMILES string of the molecule is CCNC(C)c1cnc(N2CCc3ccccc32)s1. The van der Waals surface area contributed by atoms with Gasteiger partial charge in [-0.2, -0.15) is 0 Å². The molecule has 3 nitrogen and oxygen atoms in total. The highest BCUT2D eigenvalue weighted by Crippen LogP contribution is 2.37. The fourth-order valence-corrected chi connectivity index (χ4v) is 3.53. The van der Waals surface area contributed by atoms with Gasteiger partial charge in [-0.05, 0) is 31.5 Å². The van der Waals surface area contributed by atoms with Gasteiger partial charge in [0, 0.05) is 29.3 Å². The number of thiazole rings is 1. The number of nitrogens with one attached hydrogen (secondary N) is 1. The Morgan fingerprint density at radius 3 is 3.11 bits per heavy atom. The third-order valence-corrected chi connectivity index (χ3v) is 4.77. The third kappa shape index (κ3) is 2.38. The first-order chi connectivity index (χ1) is 9.29. The highest BCUT2D eigenvalue weighted by Gasteiger charge is 2.22. The van der Waals surface area contributed by atoms with Crippen molar-refractivity contribution in [3.8, 4) is 0 Å². The molecule has 0 spiro atoms. The van der Waals surface area contributed by atoms with Crippen LogP contribution in [0.2, 0.25) is 0 Å². The zero-order valence-corrected chi connectivity index (χ0v) is 12.2. The van der Waals surface area contributed by atoms with Gasteiger partial charge in [0.15, 0.2) is 5.13 Å². The average Bonchev–Trinajstić information content (AvgIpc) is 3.05. The van der Waals surface area contributed by atoms with Crippen LogP contribution in [0.3, 0.4) is 0 Å². The molecule has 4 heteroatoms. The van der Waals surface area contributed by atoms with Gasteiger partial charge >= 0.3 is 0 Å². The maximum Gasteiger partial charge on any atom is 0.190 e. The molecule has 0 aliphatic carbocycles. The van der Waals surface area contributed by atoms with Crippen molar-refractivity contribution in [1.82, 2.24) is 10.3 Å². The molecular weight excluding hydrogens is 254 g/mol. The molecule has 1 aliphatic rings. The van der Waals surface area contributed by atoms with Gasteiger partial charge < -0.3 is 10.2 Å². The molecule has 1 aliphatic heterocycles. The van der Waals surface area contributed by atoms with Gasteiger partial charge in [0.25, 0.3) is 0 Å². The molecule has 0 saturated heterocycles. The van der Waals surface area contributed by atoms with Crippen LogP contribution in [0.1, 0.15) is 30.3 Å². The third-order valence-electron chi connectivity index (χ3n) is 3.57. The van der Waals surface area contributed by atoms with Crippen LogP contribution in [0.5, 0.6) is 0 Å². The molecule has 2 heterocycles. The lowest BCUT2D eigenvalue weighted by molar-refractivity contribution is 0.606. The summed E-state index contributed by atoms with van der Waals surface area (Å²) in [7, 11) is 0. The van der Waals surface area contributed by atoms with Crippen molar-refractivity contribution < 1.29 is 0 Å². The lowest BCUT2D eigenvalue weighted by Gasteiger charge is -2.15. The molecule has 19 heavy (non-hydrogen) atoms. The molecule has 0 fully saturated rings. The van der Waals surface area contributed by atoms with E-state index in [-0.39, 0.29) is 0 Å². The molecule has 1 aromatic carbocycles. The molecule has 1 aromatic heterocycles. The van der Waals surface area contributed by atoms with Crippen LogP contribution in [0.4, 0.5) is 10.8 Å². The number of aromatic nitrogens is 1. The minimum Gasteiger partial charge on any atom is -0.317 e. The molecule has 0 saturated carbocycles. The first-order valence-corrected chi connectivity index (χ1v) is 7.65. The van der Waals surface area contributed by atoms with Crippen molar-refractivity contribution in [2.75, 3.05) is 18.0 Å². The Kier molecular flexibility index (Phi) is 3.53. The van der Waals surface area contributed by atoms with Gasteiger partial charge in [0.05, 0.1) is 0 Å². The Morgan fingerprint density at radius 2 is 2.26 bits per heavy atom. The number of anilines is 2. The van der Waals surface area contributed by atoms with Crippen molar-refractivity contribution >= 4 is 22.2 Å². The van der Waals surface area contributed by atoms with Crippen molar-refractivity contribution in [2.45, 2.75) is 26.3 Å². The second kappa shape index (κ2) is 5.31. The van der Waals surface area contributed by atoms with E-state index in [0.717, 1.165) is 24.6 Å². The Hall–Kier alpha value is -1.39. The van der Waals surface area contributed by atoms with Crippen LogP contribution >= 0.6 is 11.3 Å². The lowest BCUT2D eigenvalue weighted by atomic mass is 10.2. The first-order valence-electron chi connectivity index (χ1n) is 6.84. The van der Waals surface area contributed by atoms with E-state index < -0.39 is 0 Å². The minimum atomic E-state index is 0.383. The van der Waals surface area contributed by atoms with Crippen molar-refractivity contribution in [3.05, 3.63) is 40.9 Å². The summed E-state index contributed by atoms with van der Waals surface area (Å²) in [6.45, 7) is 6.36. The highest BCUT2D eigenvalue weighted by molar-refractivity contribution is 7.15.